The van der Waals surface area contributed by atoms with Crippen LogP contribution in [0.4, 0.5) is 0 Å². The Hall–Kier alpha value is -1.95. The molecule has 0 bridgehead atoms. The fraction of sp³-hybridized carbons (Fsp3) is 0.571. The zero-order chi connectivity index (χ0) is 22.3. The van der Waals surface area contributed by atoms with E-state index in [2.05, 4.69) is 26.3 Å². The average Bonchev–Trinajstić information content (AvgIpc) is 3.48. The van der Waals surface area contributed by atoms with Crippen LogP contribution in [0.15, 0.2) is 28.3 Å². The Morgan fingerprint density at radius 2 is 1.97 bits per heavy atom. The third-order valence-corrected chi connectivity index (χ3v) is 8.76. The Kier molecular flexibility index (Phi) is 5.99. The molecular formula is C21H28N6O3S2. The molecule has 1 aliphatic carbocycles. The molecule has 11 heteroatoms. The first-order chi connectivity index (χ1) is 15.5. The number of fused-ring (bicyclic) bond motifs is 1. The van der Waals surface area contributed by atoms with Crippen LogP contribution in [0, 0.1) is 6.92 Å². The molecule has 1 aromatic carbocycles. The van der Waals surface area contributed by atoms with E-state index in [4.69, 9.17) is 9.72 Å². The Labute approximate surface area is 192 Å². The second-order valence-electron chi connectivity index (χ2n) is 8.27. The van der Waals surface area contributed by atoms with E-state index in [1.54, 1.807) is 23.9 Å². The van der Waals surface area contributed by atoms with E-state index in [0.29, 0.717) is 43.6 Å². The zero-order valence-electron chi connectivity index (χ0n) is 18.4. The third-order valence-electron chi connectivity index (χ3n) is 5.93. The molecule has 5 rings (SSSR count). The largest absolute Gasteiger partial charge is 0.379 e. The van der Waals surface area contributed by atoms with Crippen molar-refractivity contribution in [2.24, 2.45) is 0 Å². The number of morpholine rings is 1. The number of aromatic nitrogens is 5. The molecule has 172 valence electrons. The average molecular weight is 477 g/mol. The van der Waals surface area contributed by atoms with Gasteiger partial charge in [0.05, 0.1) is 34.9 Å². The molecule has 0 unspecified atom stereocenters. The van der Waals surface area contributed by atoms with Crippen LogP contribution in [0.1, 0.15) is 43.9 Å². The summed E-state index contributed by atoms with van der Waals surface area (Å²) in [5.74, 6) is 2.54. The van der Waals surface area contributed by atoms with E-state index >= 15 is 0 Å². The minimum Gasteiger partial charge on any atom is -0.379 e. The molecule has 2 fully saturated rings. The van der Waals surface area contributed by atoms with E-state index in [1.807, 2.05) is 13.0 Å². The van der Waals surface area contributed by atoms with Crippen molar-refractivity contribution in [3.63, 3.8) is 0 Å². The van der Waals surface area contributed by atoms with Crippen molar-refractivity contribution in [2.45, 2.75) is 61.5 Å². The first kappa shape index (κ1) is 21.9. The molecule has 9 nitrogen and oxygen atoms in total. The van der Waals surface area contributed by atoms with Gasteiger partial charge in [0.1, 0.15) is 11.6 Å². The smallest absolute Gasteiger partial charge is 0.243 e. The molecule has 3 heterocycles. The Bertz CT molecular complexity index is 1230. The normalized spacial score (nSPS) is 17.9. The van der Waals surface area contributed by atoms with Gasteiger partial charge in [-0.25, -0.2) is 13.4 Å². The topological polar surface area (TPSA) is 95.1 Å². The molecule has 32 heavy (non-hydrogen) atoms. The number of thioether (sulfide) groups is 1. The number of rotatable bonds is 8. The van der Waals surface area contributed by atoms with Gasteiger partial charge in [0, 0.05) is 25.7 Å². The van der Waals surface area contributed by atoms with Gasteiger partial charge in [-0.05, 0) is 44.4 Å². The monoisotopic (exact) mass is 476 g/mol. The maximum absolute atomic E-state index is 13.1. The fourth-order valence-electron chi connectivity index (χ4n) is 4.17. The van der Waals surface area contributed by atoms with Crippen LogP contribution in [0.5, 0.6) is 0 Å². The van der Waals surface area contributed by atoms with Crippen molar-refractivity contribution in [3.05, 3.63) is 29.8 Å². The van der Waals surface area contributed by atoms with Crippen molar-refractivity contribution >= 4 is 32.8 Å². The second-order valence-corrected chi connectivity index (χ2v) is 11.1. The van der Waals surface area contributed by atoms with Gasteiger partial charge in [0.2, 0.25) is 10.0 Å². The summed E-state index contributed by atoms with van der Waals surface area (Å²) in [7, 11) is -3.55. The SMILES string of the molecule is CCCn1c(CSc2nnc(C)n2C2CC2)nc2cc(S(=O)(=O)N3CCOCC3)ccc21. The molecule has 2 aromatic heterocycles. The lowest BCUT2D eigenvalue weighted by molar-refractivity contribution is 0.0730. The maximum Gasteiger partial charge on any atom is 0.243 e. The Balaban J connectivity index is 1.44. The van der Waals surface area contributed by atoms with Gasteiger partial charge in [-0.2, -0.15) is 4.31 Å². The molecular weight excluding hydrogens is 448 g/mol. The summed E-state index contributed by atoms with van der Waals surface area (Å²) in [5, 5.41) is 9.55. The van der Waals surface area contributed by atoms with Gasteiger partial charge < -0.3 is 13.9 Å². The van der Waals surface area contributed by atoms with Gasteiger partial charge in [-0.3, -0.25) is 0 Å². The molecule has 1 saturated heterocycles. The van der Waals surface area contributed by atoms with Gasteiger partial charge in [-0.15, -0.1) is 10.2 Å². The predicted molar refractivity (Wildman–Crippen MR) is 122 cm³/mol. The highest BCUT2D eigenvalue weighted by atomic mass is 32.2. The van der Waals surface area contributed by atoms with Crippen LogP contribution in [0.2, 0.25) is 0 Å². The van der Waals surface area contributed by atoms with Gasteiger partial charge in [-0.1, -0.05) is 18.7 Å². The number of ether oxygens (including phenoxy) is 1. The minimum atomic E-state index is -3.55. The highest BCUT2D eigenvalue weighted by molar-refractivity contribution is 7.98. The molecule has 0 N–H and O–H groups in total. The molecule has 0 spiro atoms. The summed E-state index contributed by atoms with van der Waals surface area (Å²) in [5.41, 5.74) is 1.67. The highest BCUT2D eigenvalue weighted by Crippen LogP contribution is 2.39. The first-order valence-corrected chi connectivity index (χ1v) is 13.5. The van der Waals surface area contributed by atoms with Crippen LogP contribution in [0.25, 0.3) is 11.0 Å². The van der Waals surface area contributed by atoms with Crippen LogP contribution in [-0.4, -0.2) is 63.3 Å². The van der Waals surface area contributed by atoms with Crippen LogP contribution >= 0.6 is 11.8 Å². The van der Waals surface area contributed by atoms with Crippen molar-refractivity contribution < 1.29 is 13.2 Å². The number of sulfonamides is 1. The van der Waals surface area contributed by atoms with E-state index in [-0.39, 0.29) is 4.90 Å². The summed E-state index contributed by atoms with van der Waals surface area (Å²) < 4.78 is 37.4. The van der Waals surface area contributed by atoms with Crippen LogP contribution in [-0.2, 0) is 27.1 Å². The minimum absolute atomic E-state index is 0.288. The van der Waals surface area contributed by atoms with Gasteiger partial charge in [0.25, 0.3) is 0 Å². The number of hydrogen-bond acceptors (Lipinski definition) is 7. The van der Waals surface area contributed by atoms with Gasteiger partial charge >= 0.3 is 0 Å². The number of hydrogen-bond donors (Lipinski definition) is 0. The highest BCUT2D eigenvalue weighted by Gasteiger charge is 2.29. The van der Waals surface area contributed by atoms with E-state index in [0.717, 1.165) is 35.3 Å². The molecule has 0 radical (unpaired) electrons. The molecule has 0 amide bonds. The lowest BCUT2D eigenvalue weighted by Crippen LogP contribution is -2.40. The lowest BCUT2D eigenvalue weighted by Gasteiger charge is -2.26. The molecule has 1 aliphatic heterocycles. The maximum atomic E-state index is 13.1. The Morgan fingerprint density at radius 3 is 2.69 bits per heavy atom. The van der Waals surface area contributed by atoms with Gasteiger partial charge in [0.15, 0.2) is 5.16 Å². The van der Waals surface area contributed by atoms with Crippen LogP contribution < -0.4 is 0 Å². The first-order valence-electron chi connectivity index (χ1n) is 11.1. The molecule has 0 atom stereocenters. The van der Waals surface area contributed by atoms with Crippen molar-refractivity contribution in [3.8, 4) is 0 Å². The number of nitrogens with zero attached hydrogens (tertiary/aromatic N) is 6. The summed E-state index contributed by atoms with van der Waals surface area (Å²) >= 11 is 1.64. The summed E-state index contributed by atoms with van der Waals surface area (Å²) in [6.45, 7) is 6.58. The third kappa shape index (κ3) is 4.07. The lowest BCUT2D eigenvalue weighted by atomic mass is 10.3. The van der Waals surface area contributed by atoms with E-state index in [1.165, 1.54) is 17.1 Å². The van der Waals surface area contributed by atoms with Crippen LogP contribution in [0.3, 0.4) is 0 Å². The zero-order valence-corrected chi connectivity index (χ0v) is 20.0. The predicted octanol–water partition coefficient (Wildman–Crippen LogP) is 2.99. The second kappa shape index (κ2) is 8.77. The van der Waals surface area contributed by atoms with Crippen molar-refractivity contribution in [2.75, 3.05) is 26.3 Å². The Morgan fingerprint density at radius 1 is 1.19 bits per heavy atom. The molecule has 1 saturated carbocycles. The molecule has 3 aromatic rings. The van der Waals surface area contributed by atoms with Crippen molar-refractivity contribution in [1.82, 2.24) is 28.6 Å². The standard InChI is InChI=1S/C21H28N6O3S2/c1-3-8-26-19-7-6-17(32(28,29)25-9-11-30-12-10-25)13-18(19)22-20(26)14-31-21-24-23-15(2)27(21)16-4-5-16/h6-7,13,16H,3-5,8-12,14H2,1-2H3. The summed E-state index contributed by atoms with van der Waals surface area (Å²) in [6.07, 6.45) is 3.33. The van der Waals surface area contributed by atoms with E-state index < -0.39 is 10.0 Å². The quantitative estimate of drug-likeness (QED) is 0.461. The summed E-state index contributed by atoms with van der Waals surface area (Å²) in [4.78, 5) is 5.13. The van der Waals surface area contributed by atoms with E-state index in [9.17, 15) is 8.42 Å². The number of imidazole rings is 1. The fourth-order valence-corrected chi connectivity index (χ4v) is 6.60. The number of benzene rings is 1. The van der Waals surface area contributed by atoms with Crippen molar-refractivity contribution in [1.29, 1.82) is 0 Å². The number of aryl methyl sites for hydroxylation is 2. The molecule has 2 aliphatic rings. The summed E-state index contributed by atoms with van der Waals surface area (Å²) in [6, 6.07) is 5.81.